The summed E-state index contributed by atoms with van der Waals surface area (Å²) >= 11 is 0. The van der Waals surface area contributed by atoms with E-state index in [9.17, 15) is 14.3 Å². The molecule has 0 aliphatic rings. The Labute approximate surface area is 148 Å². The van der Waals surface area contributed by atoms with Gasteiger partial charge < -0.3 is 15.3 Å². The van der Waals surface area contributed by atoms with Crippen molar-refractivity contribution in [3.05, 3.63) is 66.0 Å². The minimum absolute atomic E-state index is 0.00683. The summed E-state index contributed by atoms with van der Waals surface area (Å²) in [6.07, 6.45) is 0.310. The number of nitrogens with one attached hydrogen (secondary N) is 1. The maximum Gasteiger partial charge on any atom is 0.228 e. The number of aliphatic hydroxyl groups is 1. The van der Waals surface area contributed by atoms with Crippen molar-refractivity contribution in [2.75, 3.05) is 18.5 Å². The second-order valence-electron chi connectivity index (χ2n) is 6.56. The van der Waals surface area contributed by atoms with E-state index in [0.717, 1.165) is 5.69 Å². The average Bonchev–Trinajstić information content (AvgIpc) is 2.60. The molecule has 5 heteroatoms. The lowest BCUT2D eigenvalue weighted by Gasteiger charge is -2.27. The van der Waals surface area contributed by atoms with E-state index in [4.69, 9.17) is 0 Å². The van der Waals surface area contributed by atoms with Gasteiger partial charge in [0, 0.05) is 31.7 Å². The molecule has 2 aromatic rings. The zero-order chi connectivity index (χ0) is 18.4. The fourth-order valence-electron chi connectivity index (χ4n) is 2.55. The van der Waals surface area contributed by atoms with Crippen LogP contribution in [-0.2, 0) is 10.4 Å². The third kappa shape index (κ3) is 5.37. The Balaban J connectivity index is 1.88. The molecule has 0 spiro atoms. The maximum absolute atomic E-state index is 13.0. The Morgan fingerprint density at radius 1 is 1.20 bits per heavy atom. The number of halogens is 1. The third-order valence-electron chi connectivity index (χ3n) is 4.26. The van der Waals surface area contributed by atoms with Gasteiger partial charge in [-0.1, -0.05) is 30.3 Å². The Hall–Kier alpha value is -2.24. The molecule has 4 nitrogen and oxygen atoms in total. The van der Waals surface area contributed by atoms with Gasteiger partial charge in [-0.15, -0.1) is 0 Å². The van der Waals surface area contributed by atoms with Gasteiger partial charge >= 0.3 is 0 Å². The maximum atomic E-state index is 13.0. The minimum Gasteiger partial charge on any atom is -0.384 e. The van der Waals surface area contributed by atoms with Gasteiger partial charge in [0.05, 0.1) is 5.60 Å². The van der Waals surface area contributed by atoms with Crippen LogP contribution in [0.1, 0.15) is 25.8 Å². The lowest BCUT2D eigenvalue weighted by atomic mass is 9.95. The van der Waals surface area contributed by atoms with Crippen LogP contribution in [0.4, 0.5) is 10.1 Å². The molecule has 0 radical (unpaired) electrons. The van der Waals surface area contributed by atoms with Gasteiger partial charge in [-0.25, -0.2) is 4.39 Å². The summed E-state index contributed by atoms with van der Waals surface area (Å²) in [5.74, 6) is -0.344. The SMILES string of the molecule is CC(CC(=O)N(C)c1ccccc1)NCC(C)(O)c1ccc(F)cc1. The quantitative estimate of drug-likeness (QED) is 0.812. The van der Waals surface area contributed by atoms with Crippen LogP contribution in [0.2, 0.25) is 0 Å². The predicted molar refractivity (Wildman–Crippen MR) is 97.9 cm³/mol. The highest BCUT2D eigenvalue weighted by atomic mass is 19.1. The Morgan fingerprint density at radius 3 is 2.40 bits per heavy atom. The molecule has 0 bridgehead atoms. The molecule has 2 N–H and O–H groups in total. The number of hydrogen-bond donors (Lipinski definition) is 2. The van der Waals surface area contributed by atoms with Crippen LogP contribution < -0.4 is 10.2 Å². The number of carbonyl (C=O) groups is 1. The molecule has 2 atom stereocenters. The van der Waals surface area contributed by atoms with Gasteiger partial charge in [0.1, 0.15) is 5.82 Å². The van der Waals surface area contributed by atoms with E-state index < -0.39 is 5.60 Å². The van der Waals surface area contributed by atoms with Crippen LogP contribution >= 0.6 is 0 Å². The monoisotopic (exact) mass is 344 g/mol. The number of amides is 1. The highest BCUT2D eigenvalue weighted by molar-refractivity contribution is 5.93. The smallest absolute Gasteiger partial charge is 0.228 e. The molecule has 25 heavy (non-hydrogen) atoms. The molecule has 1 amide bonds. The van der Waals surface area contributed by atoms with Crippen LogP contribution in [0.3, 0.4) is 0 Å². The van der Waals surface area contributed by atoms with Gasteiger partial charge in [0.2, 0.25) is 5.91 Å². The first-order valence-electron chi connectivity index (χ1n) is 8.33. The topological polar surface area (TPSA) is 52.6 Å². The van der Waals surface area contributed by atoms with Gasteiger partial charge in [0.25, 0.3) is 0 Å². The molecular weight excluding hydrogens is 319 g/mol. The first-order valence-corrected chi connectivity index (χ1v) is 8.33. The Morgan fingerprint density at radius 2 is 1.80 bits per heavy atom. The molecule has 0 saturated carbocycles. The highest BCUT2D eigenvalue weighted by Crippen LogP contribution is 2.20. The van der Waals surface area contributed by atoms with Crippen molar-refractivity contribution in [3.63, 3.8) is 0 Å². The molecular formula is C20H25FN2O2. The predicted octanol–water partition coefficient (Wildman–Crippen LogP) is 3.06. The van der Waals surface area contributed by atoms with Gasteiger partial charge in [0.15, 0.2) is 0 Å². The minimum atomic E-state index is -1.14. The molecule has 2 rings (SSSR count). The third-order valence-corrected chi connectivity index (χ3v) is 4.26. The molecule has 0 aliphatic heterocycles. The van der Waals surface area contributed by atoms with E-state index in [0.29, 0.717) is 12.0 Å². The van der Waals surface area contributed by atoms with Gasteiger partial charge in [-0.2, -0.15) is 0 Å². The fraction of sp³-hybridized carbons (Fsp3) is 0.350. The van der Waals surface area contributed by atoms with E-state index in [1.54, 1.807) is 31.0 Å². The van der Waals surface area contributed by atoms with Crippen LogP contribution in [0, 0.1) is 5.82 Å². The molecule has 2 unspecified atom stereocenters. The highest BCUT2D eigenvalue weighted by Gasteiger charge is 2.24. The molecule has 134 valence electrons. The number of benzene rings is 2. The average molecular weight is 344 g/mol. The van der Waals surface area contributed by atoms with Crippen LogP contribution in [0.15, 0.2) is 54.6 Å². The zero-order valence-corrected chi connectivity index (χ0v) is 14.9. The number of rotatable bonds is 7. The number of carbonyl (C=O) groups excluding carboxylic acids is 1. The number of anilines is 1. The second kappa shape index (κ2) is 8.23. The van der Waals surface area contributed by atoms with E-state index >= 15 is 0 Å². The summed E-state index contributed by atoms with van der Waals surface area (Å²) in [6.45, 7) is 3.83. The molecule has 0 heterocycles. The summed E-state index contributed by atoms with van der Waals surface area (Å²) in [5.41, 5.74) is 0.329. The van der Waals surface area contributed by atoms with Crippen molar-refractivity contribution in [3.8, 4) is 0 Å². The molecule has 0 aliphatic carbocycles. The van der Waals surface area contributed by atoms with E-state index in [2.05, 4.69) is 5.32 Å². The first kappa shape index (κ1) is 19.1. The lowest BCUT2D eigenvalue weighted by molar-refractivity contribution is -0.118. The first-order chi connectivity index (χ1) is 11.8. The van der Waals surface area contributed by atoms with Crippen molar-refractivity contribution in [1.29, 1.82) is 0 Å². The summed E-state index contributed by atoms with van der Waals surface area (Å²) in [6, 6.07) is 15.1. The Bertz CT molecular complexity index is 687. The van der Waals surface area contributed by atoms with Crippen molar-refractivity contribution >= 4 is 11.6 Å². The van der Waals surface area contributed by atoms with Crippen molar-refractivity contribution in [2.45, 2.75) is 31.9 Å². The van der Waals surface area contributed by atoms with Gasteiger partial charge in [-0.3, -0.25) is 4.79 Å². The summed E-state index contributed by atoms with van der Waals surface area (Å²) in [5, 5.41) is 13.7. The summed E-state index contributed by atoms with van der Waals surface area (Å²) in [4.78, 5) is 14.0. The van der Waals surface area contributed by atoms with E-state index in [1.807, 2.05) is 37.3 Å². The second-order valence-corrected chi connectivity index (χ2v) is 6.56. The standard InChI is InChI=1S/C20H25FN2O2/c1-15(13-19(24)23(3)18-7-5-4-6-8-18)22-14-20(2,25)16-9-11-17(21)12-10-16/h4-12,15,22,25H,13-14H2,1-3H3. The van der Waals surface area contributed by atoms with E-state index in [-0.39, 0.29) is 24.3 Å². The van der Waals surface area contributed by atoms with E-state index in [1.165, 1.54) is 12.1 Å². The van der Waals surface area contributed by atoms with Gasteiger partial charge in [-0.05, 0) is 43.7 Å². The van der Waals surface area contributed by atoms with Crippen LogP contribution in [0.5, 0.6) is 0 Å². The molecule has 2 aromatic carbocycles. The van der Waals surface area contributed by atoms with Crippen LogP contribution in [-0.4, -0.2) is 30.6 Å². The number of para-hydroxylation sites is 1. The Kier molecular flexibility index (Phi) is 6.28. The molecule has 0 fully saturated rings. The lowest BCUT2D eigenvalue weighted by Crippen LogP contribution is -2.42. The molecule has 0 aromatic heterocycles. The normalized spacial score (nSPS) is 14.6. The van der Waals surface area contributed by atoms with Crippen LogP contribution in [0.25, 0.3) is 0 Å². The number of hydrogen-bond acceptors (Lipinski definition) is 3. The van der Waals surface area contributed by atoms with Crippen molar-refractivity contribution in [1.82, 2.24) is 5.32 Å². The largest absolute Gasteiger partial charge is 0.384 e. The molecule has 0 saturated heterocycles. The summed E-state index contributed by atoms with van der Waals surface area (Å²) < 4.78 is 13.0. The zero-order valence-electron chi connectivity index (χ0n) is 14.9. The summed E-state index contributed by atoms with van der Waals surface area (Å²) in [7, 11) is 1.75. The van der Waals surface area contributed by atoms with Crippen molar-refractivity contribution in [2.24, 2.45) is 0 Å². The fourth-order valence-corrected chi connectivity index (χ4v) is 2.55. The van der Waals surface area contributed by atoms with Crippen molar-refractivity contribution < 1.29 is 14.3 Å². The number of nitrogens with zero attached hydrogens (tertiary/aromatic N) is 1.